The van der Waals surface area contributed by atoms with Crippen molar-refractivity contribution in [2.75, 3.05) is 43.4 Å². The quantitative estimate of drug-likeness (QED) is 0.203. The number of H-pyrrole nitrogens is 1. The van der Waals surface area contributed by atoms with Gasteiger partial charge in [-0.25, -0.2) is 0 Å². The monoisotopic (exact) mass is 645 g/mol. The van der Waals surface area contributed by atoms with Crippen LogP contribution in [-0.2, 0) is 0 Å². The Morgan fingerprint density at radius 3 is 2.50 bits per heavy atom. The molecular formula is C39H43N5O4. The molecule has 0 atom stereocenters. The molecule has 2 amide bonds. The van der Waals surface area contributed by atoms with Gasteiger partial charge in [-0.15, -0.1) is 0 Å². The highest BCUT2D eigenvalue weighted by molar-refractivity contribution is 6.18. The van der Waals surface area contributed by atoms with E-state index in [1.165, 1.54) is 18.4 Å². The molecule has 4 aromatic rings. The second-order valence-corrected chi connectivity index (χ2v) is 13.5. The van der Waals surface area contributed by atoms with Crippen molar-refractivity contribution in [2.45, 2.75) is 58.0 Å². The molecule has 0 spiro atoms. The first kappa shape index (κ1) is 31.7. The number of carbonyl (C=O) groups excluding carboxylic acids is 2. The average molecular weight is 646 g/mol. The minimum absolute atomic E-state index is 0.0302. The molecule has 7 rings (SSSR count). The molecule has 48 heavy (non-hydrogen) atoms. The van der Waals surface area contributed by atoms with E-state index in [9.17, 15) is 14.7 Å². The first-order valence-corrected chi connectivity index (χ1v) is 17.0. The molecule has 0 unspecified atom stereocenters. The van der Waals surface area contributed by atoms with Gasteiger partial charge >= 0.3 is 0 Å². The number of piperidine rings is 1. The number of rotatable bonds is 7. The lowest BCUT2D eigenvalue weighted by atomic mass is 9.93. The fraction of sp³-hybridized carbons (Fsp3) is 0.359. The van der Waals surface area contributed by atoms with E-state index in [1.807, 2.05) is 86.3 Å². The largest absolute Gasteiger partial charge is 0.491 e. The van der Waals surface area contributed by atoms with Gasteiger partial charge in [-0.05, 0) is 105 Å². The summed E-state index contributed by atoms with van der Waals surface area (Å²) in [5.74, 6) is 1.63. The maximum atomic E-state index is 13.9. The number of nitrogens with two attached hydrogens (primary N) is 1. The predicted molar refractivity (Wildman–Crippen MR) is 189 cm³/mol. The van der Waals surface area contributed by atoms with E-state index in [2.05, 4.69) is 11.1 Å². The van der Waals surface area contributed by atoms with E-state index < -0.39 is 5.60 Å². The van der Waals surface area contributed by atoms with Crippen LogP contribution in [0.15, 0.2) is 71.7 Å². The number of hydrogen-bond acceptors (Lipinski definition) is 6. The van der Waals surface area contributed by atoms with Crippen molar-refractivity contribution < 1.29 is 19.4 Å². The zero-order chi connectivity index (χ0) is 33.6. The van der Waals surface area contributed by atoms with Gasteiger partial charge in [-0.2, -0.15) is 0 Å². The molecule has 248 valence electrons. The van der Waals surface area contributed by atoms with Gasteiger partial charge in [0.25, 0.3) is 11.8 Å². The van der Waals surface area contributed by atoms with Crippen LogP contribution < -0.4 is 15.4 Å². The Hall–Kier alpha value is -4.89. The van der Waals surface area contributed by atoms with Crippen molar-refractivity contribution in [1.82, 2.24) is 9.88 Å². The van der Waals surface area contributed by atoms with E-state index in [4.69, 9.17) is 15.5 Å². The second-order valence-electron chi connectivity index (χ2n) is 13.5. The number of anilines is 2. The highest BCUT2D eigenvalue weighted by Gasteiger charge is 2.31. The van der Waals surface area contributed by atoms with E-state index in [1.54, 1.807) is 4.90 Å². The topological polar surface area (TPSA) is 124 Å². The van der Waals surface area contributed by atoms with Crippen LogP contribution in [0.2, 0.25) is 0 Å². The number of fused-ring (bicyclic) bond motifs is 1. The molecule has 1 saturated heterocycles. The van der Waals surface area contributed by atoms with Crippen molar-refractivity contribution in [3.05, 3.63) is 100 Å². The lowest BCUT2D eigenvalue weighted by Gasteiger charge is -2.35. The number of aromatic amines is 1. The van der Waals surface area contributed by atoms with Gasteiger partial charge in [0.15, 0.2) is 0 Å². The number of carbonyl (C=O) groups is 2. The van der Waals surface area contributed by atoms with Gasteiger partial charge in [0.1, 0.15) is 18.2 Å². The second kappa shape index (κ2) is 12.6. The molecule has 2 fully saturated rings. The molecule has 9 heteroatoms. The number of aliphatic hydroxyl groups is 1. The Kier molecular flexibility index (Phi) is 8.33. The van der Waals surface area contributed by atoms with Crippen LogP contribution in [0.25, 0.3) is 11.3 Å². The lowest BCUT2D eigenvalue weighted by Crippen LogP contribution is -2.45. The van der Waals surface area contributed by atoms with Crippen LogP contribution in [0.5, 0.6) is 5.75 Å². The number of ether oxygens (including phenoxy) is 1. The van der Waals surface area contributed by atoms with Gasteiger partial charge in [-0.3, -0.25) is 14.6 Å². The number of likely N-dealkylation sites (tertiary alicyclic amines) is 1. The van der Waals surface area contributed by atoms with Crippen LogP contribution >= 0.6 is 0 Å². The third-order valence-corrected chi connectivity index (χ3v) is 9.94. The number of nitrogens with zero attached hydrogens (tertiary/aromatic N) is 3. The molecule has 3 aromatic carbocycles. The smallest absolute Gasteiger partial charge is 0.262 e. The van der Waals surface area contributed by atoms with Crippen molar-refractivity contribution >= 4 is 29.0 Å². The fourth-order valence-corrected chi connectivity index (χ4v) is 6.86. The molecule has 2 aliphatic heterocycles. The first-order chi connectivity index (χ1) is 23.1. The van der Waals surface area contributed by atoms with Crippen LogP contribution in [0.3, 0.4) is 0 Å². The minimum Gasteiger partial charge on any atom is -0.491 e. The number of amides is 2. The van der Waals surface area contributed by atoms with E-state index in [-0.39, 0.29) is 11.8 Å². The van der Waals surface area contributed by atoms with Crippen molar-refractivity contribution in [2.24, 2.45) is 4.99 Å². The van der Waals surface area contributed by atoms with Gasteiger partial charge < -0.3 is 30.4 Å². The molecular weight excluding hydrogens is 602 g/mol. The Morgan fingerprint density at radius 2 is 1.79 bits per heavy atom. The summed E-state index contributed by atoms with van der Waals surface area (Å²) in [6.07, 6.45) is 3.53. The Balaban J connectivity index is 1.15. The van der Waals surface area contributed by atoms with Crippen LogP contribution in [0.4, 0.5) is 11.5 Å². The van der Waals surface area contributed by atoms with E-state index >= 15 is 0 Å². The zero-order valence-electron chi connectivity index (χ0n) is 27.9. The van der Waals surface area contributed by atoms with E-state index in [0.29, 0.717) is 74.2 Å². The summed E-state index contributed by atoms with van der Waals surface area (Å²) in [5.41, 5.74) is 14.2. The standard InChI is InChI=1S/C39H43N5O4/c1-4-41-35(31-23-32(42-36(31)40)26-10-12-27(13-11-26)37(45)43-18-16-39(3,47)17-19-43)29-6-5-7-33(24(29)2)44-20-21-48-34-22-28(25-8-9-25)14-15-30(34)38(44)46/h5-7,10-15,22-23,25,42,47H,4,8-9,16-21,40H2,1-3H3. The molecule has 3 aliphatic rings. The number of nitrogen functional groups attached to an aromatic ring is 1. The van der Waals surface area contributed by atoms with Crippen LogP contribution in [-0.4, -0.2) is 70.9 Å². The summed E-state index contributed by atoms with van der Waals surface area (Å²) >= 11 is 0. The predicted octanol–water partition coefficient (Wildman–Crippen LogP) is 6.33. The molecule has 1 aromatic heterocycles. The number of aromatic nitrogens is 1. The zero-order valence-corrected chi connectivity index (χ0v) is 27.9. The molecule has 9 nitrogen and oxygen atoms in total. The van der Waals surface area contributed by atoms with Gasteiger partial charge in [-0.1, -0.05) is 30.3 Å². The number of hydrogen-bond donors (Lipinski definition) is 3. The van der Waals surface area contributed by atoms with Gasteiger partial charge in [0, 0.05) is 47.7 Å². The average Bonchev–Trinajstić information content (AvgIpc) is 3.89. The van der Waals surface area contributed by atoms with Crippen molar-refractivity contribution in [3.8, 4) is 17.0 Å². The van der Waals surface area contributed by atoms with Crippen LogP contribution in [0, 0.1) is 6.92 Å². The number of nitrogens with one attached hydrogen (secondary N) is 1. The summed E-state index contributed by atoms with van der Waals surface area (Å²) in [6, 6.07) is 21.5. The SMILES string of the molecule is CCN=C(c1cc(-c2ccc(C(=O)N3CCC(C)(O)CC3)cc2)[nH]c1N)c1cccc(N2CCOc3cc(C4CC4)ccc3C2=O)c1C. The summed E-state index contributed by atoms with van der Waals surface area (Å²) < 4.78 is 6.10. The maximum Gasteiger partial charge on any atom is 0.262 e. The minimum atomic E-state index is -0.711. The Bertz CT molecular complexity index is 1890. The highest BCUT2D eigenvalue weighted by Crippen LogP contribution is 2.42. The molecule has 4 N–H and O–H groups in total. The number of benzene rings is 3. The molecule has 0 bridgehead atoms. The highest BCUT2D eigenvalue weighted by atomic mass is 16.5. The summed E-state index contributed by atoms with van der Waals surface area (Å²) in [4.78, 5) is 38.9. The summed E-state index contributed by atoms with van der Waals surface area (Å²) in [5, 5.41) is 10.3. The van der Waals surface area contributed by atoms with Crippen LogP contribution in [0.1, 0.15) is 88.4 Å². The van der Waals surface area contributed by atoms with Gasteiger partial charge in [0.2, 0.25) is 0 Å². The fourth-order valence-electron chi connectivity index (χ4n) is 6.86. The van der Waals surface area contributed by atoms with Crippen molar-refractivity contribution in [3.63, 3.8) is 0 Å². The molecule has 1 saturated carbocycles. The summed E-state index contributed by atoms with van der Waals surface area (Å²) in [7, 11) is 0. The summed E-state index contributed by atoms with van der Waals surface area (Å²) in [6.45, 7) is 8.31. The normalized spacial score (nSPS) is 17.9. The number of aliphatic imine (C=N–C) groups is 1. The van der Waals surface area contributed by atoms with E-state index in [0.717, 1.165) is 39.3 Å². The molecule has 3 heterocycles. The third-order valence-electron chi connectivity index (χ3n) is 9.94. The maximum absolute atomic E-state index is 13.9. The Morgan fingerprint density at radius 1 is 1.04 bits per heavy atom. The third kappa shape index (κ3) is 6.10. The Labute approximate surface area is 281 Å². The van der Waals surface area contributed by atoms with Crippen molar-refractivity contribution in [1.29, 1.82) is 0 Å². The molecule has 1 aliphatic carbocycles. The molecule has 0 radical (unpaired) electrons. The lowest BCUT2D eigenvalue weighted by molar-refractivity contribution is -0.00203. The first-order valence-electron chi connectivity index (χ1n) is 17.0. The van der Waals surface area contributed by atoms with Gasteiger partial charge in [0.05, 0.1) is 23.4 Å².